The predicted molar refractivity (Wildman–Crippen MR) is 82.7 cm³/mol. The van der Waals surface area contributed by atoms with Gasteiger partial charge < -0.3 is 14.8 Å². The maximum absolute atomic E-state index is 13.6. The van der Waals surface area contributed by atoms with E-state index in [9.17, 15) is 9.18 Å². The van der Waals surface area contributed by atoms with Crippen LogP contribution in [0.1, 0.15) is 22.8 Å². The fourth-order valence-corrected chi connectivity index (χ4v) is 2.04. The van der Waals surface area contributed by atoms with Gasteiger partial charge in [0.2, 0.25) is 0 Å². The molecule has 1 amide bonds. The lowest BCUT2D eigenvalue weighted by molar-refractivity contribution is 0.102. The highest BCUT2D eigenvalue weighted by molar-refractivity contribution is 6.04. The molecule has 0 atom stereocenters. The number of halogens is 1. The summed E-state index contributed by atoms with van der Waals surface area (Å²) in [6.45, 7) is 2.74. The number of carbonyl (C=O) groups is 1. The van der Waals surface area contributed by atoms with Gasteiger partial charge >= 0.3 is 0 Å². The fourth-order valence-electron chi connectivity index (χ4n) is 2.04. The lowest BCUT2D eigenvalue weighted by Gasteiger charge is -2.12. The second kappa shape index (κ2) is 7.56. The van der Waals surface area contributed by atoms with Crippen molar-refractivity contribution in [2.75, 3.05) is 19.0 Å². The molecule has 5 heteroatoms. The first-order valence-corrected chi connectivity index (χ1v) is 6.96. The van der Waals surface area contributed by atoms with E-state index in [2.05, 4.69) is 5.32 Å². The molecule has 0 saturated heterocycles. The molecule has 2 rings (SSSR count). The Hall–Kier alpha value is -2.40. The Balaban J connectivity index is 2.22. The molecule has 0 unspecified atom stereocenters. The van der Waals surface area contributed by atoms with Crippen LogP contribution in [0.3, 0.4) is 0 Å². The molecule has 0 aromatic heterocycles. The van der Waals surface area contributed by atoms with Gasteiger partial charge in [0.15, 0.2) is 0 Å². The van der Waals surface area contributed by atoms with Crippen LogP contribution in [0.5, 0.6) is 5.75 Å². The topological polar surface area (TPSA) is 47.6 Å². The summed E-state index contributed by atoms with van der Waals surface area (Å²) in [7, 11) is 1.57. The molecule has 22 heavy (non-hydrogen) atoms. The highest BCUT2D eigenvalue weighted by Gasteiger charge is 2.12. The van der Waals surface area contributed by atoms with Crippen LogP contribution in [0.15, 0.2) is 42.5 Å². The highest BCUT2D eigenvalue weighted by Crippen LogP contribution is 2.22. The molecule has 0 spiro atoms. The molecule has 1 N–H and O–H groups in total. The average Bonchev–Trinajstić information content (AvgIpc) is 2.51. The quantitative estimate of drug-likeness (QED) is 0.886. The molecule has 2 aromatic carbocycles. The summed E-state index contributed by atoms with van der Waals surface area (Å²) in [5, 5.41) is 2.55. The van der Waals surface area contributed by atoms with E-state index in [4.69, 9.17) is 9.47 Å². The SMILES string of the molecule is CCOc1ccc(C(=O)Nc2ccccc2F)cc1COC. The Bertz CT molecular complexity index is 658. The molecular formula is C17H18FNO3. The van der Waals surface area contributed by atoms with E-state index in [0.29, 0.717) is 24.5 Å². The van der Waals surface area contributed by atoms with Gasteiger partial charge in [-0.15, -0.1) is 0 Å². The van der Waals surface area contributed by atoms with Crippen LogP contribution in [0.4, 0.5) is 10.1 Å². The van der Waals surface area contributed by atoms with Gasteiger partial charge in [-0.25, -0.2) is 4.39 Å². The monoisotopic (exact) mass is 303 g/mol. The number of nitrogens with one attached hydrogen (secondary N) is 1. The number of benzene rings is 2. The number of carbonyl (C=O) groups excluding carboxylic acids is 1. The summed E-state index contributed by atoms with van der Waals surface area (Å²) < 4.78 is 24.2. The van der Waals surface area contributed by atoms with Crippen molar-refractivity contribution < 1.29 is 18.7 Å². The van der Waals surface area contributed by atoms with Crippen LogP contribution in [0, 0.1) is 5.82 Å². The van der Waals surface area contributed by atoms with E-state index in [1.807, 2.05) is 6.92 Å². The van der Waals surface area contributed by atoms with Gasteiger partial charge in [0.1, 0.15) is 11.6 Å². The van der Waals surface area contributed by atoms with E-state index in [0.717, 1.165) is 5.56 Å². The third-order valence-corrected chi connectivity index (χ3v) is 3.04. The third kappa shape index (κ3) is 3.83. The van der Waals surface area contributed by atoms with E-state index >= 15 is 0 Å². The highest BCUT2D eigenvalue weighted by atomic mass is 19.1. The largest absolute Gasteiger partial charge is 0.494 e. The number of rotatable bonds is 6. The van der Waals surface area contributed by atoms with Gasteiger partial charge in [-0.3, -0.25) is 4.79 Å². The summed E-state index contributed by atoms with van der Waals surface area (Å²) in [5.41, 5.74) is 1.33. The van der Waals surface area contributed by atoms with Crippen molar-refractivity contribution in [2.24, 2.45) is 0 Å². The maximum Gasteiger partial charge on any atom is 0.255 e. The molecule has 2 aromatic rings. The minimum Gasteiger partial charge on any atom is -0.494 e. The zero-order valence-corrected chi connectivity index (χ0v) is 12.6. The van der Waals surface area contributed by atoms with Crippen molar-refractivity contribution >= 4 is 11.6 Å². The minimum absolute atomic E-state index is 0.148. The van der Waals surface area contributed by atoms with Crippen molar-refractivity contribution in [3.05, 3.63) is 59.4 Å². The summed E-state index contributed by atoms with van der Waals surface area (Å²) >= 11 is 0. The van der Waals surface area contributed by atoms with Crippen LogP contribution >= 0.6 is 0 Å². The molecule has 0 radical (unpaired) electrons. The standard InChI is InChI=1S/C17H18FNO3/c1-3-22-16-9-8-12(10-13(16)11-21-2)17(20)19-15-7-5-4-6-14(15)18/h4-10H,3,11H2,1-2H3,(H,19,20). The first-order valence-electron chi connectivity index (χ1n) is 6.96. The molecule has 0 aliphatic carbocycles. The second-order valence-electron chi connectivity index (χ2n) is 4.62. The Kier molecular flexibility index (Phi) is 5.49. The molecule has 0 aliphatic rings. The number of hydrogen-bond donors (Lipinski definition) is 1. The minimum atomic E-state index is -0.473. The first kappa shape index (κ1) is 16.0. The van der Waals surface area contributed by atoms with E-state index in [1.54, 1.807) is 37.4 Å². The van der Waals surface area contributed by atoms with Crippen molar-refractivity contribution in [2.45, 2.75) is 13.5 Å². The zero-order valence-electron chi connectivity index (χ0n) is 12.6. The van der Waals surface area contributed by atoms with Crippen LogP contribution in [-0.2, 0) is 11.3 Å². The molecule has 0 heterocycles. The number of methoxy groups -OCH3 is 1. The summed E-state index contributed by atoms with van der Waals surface area (Å²) in [6, 6.07) is 11.1. The molecule has 4 nitrogen and oxygen atoms in total. The Morgan fingerprint density at radius 2 is 2.00 bits per heavy atom. The fraction of sp³-hybridized carbons (Fsp3) is 0.235. The molecule has 0 aliphatic heterocycles. The van der Waals surface area contributed by atoms with Gasteiger partial charge in [-0.1, -0.05) is 12.1 Å². The van der Waals surface area contributed by atoms with Crippen molar-refractivity contribution in [3.63, 3.8) is 0 Å². The number of amides is 1. The number of para-hydroxylation sites is 1. The smallest absolute Gasteiger partial charge is 0.255 e. The molecular weight excluding hydrogens is 285 g/mol. The summed E-state index contributed by atoms with van der Waals surface area (Å²) in [5.74, 6) is -0.184. The Labute approximate surface area is 128 Å². The molecule has 0 saturated carbocycles. The van der Waals surface area contributed by atoms with E-state index < -0.39 is 5.82 Å². The number of ether oxygens (including phenoxy) is 2. The van der Waals surface area contributed by atoms with E-state index in [-0.39, 0.29) is 11.6 Å². The lowest BCUT2D eigenvalue weighted by atomic mass is 10.1. The van der Waals surface area contributed by atoms with E-state index in [1.165, 1.54) is 12.1 Å². The number of hydrogen-bond acceptors (Lipinski definition) is 3. The Morgan fingerprint density at radius 3 is 2.68 bits per heavy atom. The van der Waals surface area contributed by atoms with Crippen molar-refractivity contribution in [3.8, 4) is 5.75 Å². The summed E-state index contributed by atoms with van der Waals surface area (Å²) in [4.78, 5) is 12.2. The van der Waals surface area contributed by atoms with Gasteiger partial charge in [0.25, 0.3) is 5.91 Å². The lowest BCUT2D eigenvalue weighted by Crippen LogP contribution is -2.13. The molecule has 0 bridgehead atoms. The van der Waals surface area contributed by atoms with Crippen molar-refractivity contribution in [1.82, 2.24) is 0 Å². The van der Waals surface area contributed by atoms with Crippen LogP contribution in [0.25, 0.3) is 0 Å². The van der Waals surface area contributed by atoms with Gasteiger partial charge in [-0.05, 0) is 37.3 Å². The van der Waals surface area contributed by atoms with Gasteiger partial charge in [0.05, 0.1) is 18.9 Å². The predicted octanol–water partition coefficient (Wildman–Crippen LogP) is 3.62. The molecule has 0 fully saturated rings. The van der Waals surface area contributed by atoms with Crippen LogP contribution in [-0.4, -0.2) is 19.6 Å². The maximum atomic E-state index is 13.6. The van der Waals surface area contributed by atoms with Crippen molar-refractivity contribution in [1.29, 1.82) is 0 Å². The van der Waals surface area contributed by atoms with Crippen LogP contribution < -0.4 is 10.1 Å². The first-order chi connectivity index (χ1) is 10.7. The zero-order chi connectivity index (χ0) is 15.9. The van der Waals surface area contributed by atoms with Gasteiger partial charge in [-0.2, -0.15) is 0 Å². The van der Waals surface area contributed by atoms with Gasteiger partial charge in [0, 0.05) is 18.2 Å². The second-order valence-corrected chi connectivity index (χ2v) is 4.62. The Morgan fingerprint density at radius 1 is 1.23 bits per heavy atom. The normalized spacial score (nSPS) is 10.3. The third-order valence-electron chi connectivity index (χ3n) is 3.04. The summed E-state index contributed by atoms with van der Waals surface area (Å²) in [6.07, 6.45) is 0. The number of anilines is 1. The molecule has 116 valence electrons. The average molecular weight is 303 g/mol. The van der Waals surface area contributed by atoms with Crippen LogP contribution in [0.2, 0.25) is 0 Å².